The van der Waals surface area contributed by atoms with Gasteiger partial charge in [0.25, 0.3) is 0 Å². The standard InChI is InChI=1S/C6H4N2OS2/c10-5-3-1-2-9-4(3)7-6(11)8-5/h1-2H,(H2,7,8,10,11). The van der Waals surface area contributed by atoms with Crippen LogP contribution in [0.15, 0.2) is 16.7 Å². The molecule has 0 spiro atoms. The number of H-pyrrole nitrogens is 2. The minimum Gasteiger partial charge on any atom is -0.448 e. The molecule has 2 aromatic rings. The van der Waals surface area contributed by atoms with Crippen molar-refractivity contribution in [1.82, 2.24) is 9.97 Å². The van der Waals surface area contributed by atoms with E-state index in [1.807, 2.05) is 0 Å². The van der Waals surface area contributed by atoms with E-state index >= 15 is 0 Å². The monoisotopic (exact) mass is 184 g/mol. The lowest BCUT2D eigenvalue weighted by molar-refractivity contribution is 0.601. The number of fused-ring (bicyclic) bond motifs is 1. The minimum absolute atomic E-state index is 0.484. The maximum absolute atomic E-state index is 5.07. The van der Waals surface area contributed by atoms with Crippen LogP contribution in [0.4, 0.5) is 0 Å². The summed E-state index contributed by atoms with van der Waals surface area (Å²) in [5, 5.41) is 0.855. The van der Waals surface area contributed by atoms with E-state index in [0.717, 1.165) is 5.39 Å². The predicted molar refractivity (Wildman–Crippen MR) is 46.6 cm³/mol. The quantitative estimate of drug-likeness (QED) is 0.618. The second-order valence-corrected chi connectivity index (χ2v) is 2.89. The predicted octanol–water partition coefficient (Wildman–Crippen LogP) is 2.55. The molecule has 0 saturated heterocycles. The second kappa shape index (κ2) is 2.28. The summed E-state index contributed by atoms with van der Waals surface area (Å²) in [5.41, 5.74) is 0.624. The van der Waals surface area contributed by atoms with Crippen LogP contribution >= 0.6 is 24.4 Å². The zero-order valence-corrected chi connectivity index (χ0v) is 7.01. The maximum atomic E-state index is 5.07. The summed E-state index contributed by atoms with van der Waals surface area (Å²) < 4.78 is 6.16. The van der Waals surface area contributed by atoms with Crippen LogP contribution in [-0.4, -0.2) is 9.97 Å². The van der Waals surface area contributed by atoms with Crippen LogP contribution in [-0.2, 0) is 0 Å². The largest absolute Gasteiger partial charge is 0.448 e. The van der Waals surface area contributed by atoms with Gasteiger partial charge < -0.3 is 14.4 Å². The van der Waals surface area contributed by atoms with Crippen molar-refractivity contribution in [2.75, 3.05) is 0 Å². The van der Waals surface area contributed by atoms with Crippen molar-refractivity contribution in [3.05, 3.63) is 21.7 Å². The Morgan fingerprint density at radius 3 is 2.91 bits per heavy atom. The van der Waals surface area contributed by atoms with Gasteiger partial charge in [-0.3, -0.25) is 0 Å². The van der Waals surface area contributed by atoms with Gasteiger partial charge in [-0.15, -0.1) is 0 Å². The Kier molecular flexibility index (Phi) is 1.40. The second-order valence-electron chi connectivity index (χ2n) is 2.07. The summed E-state index contributed by atoms with van der Waals surface area (Å²) in [4.78, 5) is 5.65. The van der Waals surface area contributed by atoms with Gasteiger partial charge in [0.2, 0.25) is 5.71 Å². The SMILES string of the molecule is S=c1[nH]c(=S)c2ccoc2[nH]1. The number of hydrogen-bond acceptors (Lipinski definition) is 3. The van der Waals surface area contributed by atoms with E-state index in [1.54, 1.807) is 12.3 Å². The van der Waals surface area contributed by atoms with Crippen LogP contribution in [0.25, 0.3) is 11.1 Å². The smallest absolute Gasteiger partial charge is 0.209 e. The van der Waals surface area contributed by atoms with Crippen molar-refractivity contribution < 1.29 is 4.42 Å². The number of nitrogens with one attached hydrogen (secondary N) is 2. The molecule has 0 unspecified atom stereocenters. The highest BCUT2D eigenvalue weighted by molar-refractivity contribution is 7.72. The highest BCUT2D eigenvalue weighted by Crippen LogP contribution is 2.11. The number of rotatable bonds is 0. The summed E-state index contributed by atoms with van der Waals surface area (Å²) in [6.07, 6.45) is 1.57. The van der Waals surface area contributed by atoms with Crippen LogP contribution in [0, 0.1) is 9.41 Å². The van der Waals surface area contributed by atoms with Crippen molar-refractivity contribution >= 4 is 35.5 Å². The van der Waals surface area contributed by atoms with Gasteiger partial charge >= 0.3 is 0 Å². The molecule has 0 aliphatic rings. The summed E-state index contributed by atoms with van der Waals surface area (Å²) in [6, 6.07) is 1.79. The molecule has 2 rings (SSSR count). The highest BCUT2D eigenvalue weighted by atomic mass is 32.1. The molecule has 2 aromatic heterocycles. The topological polar surface area (TPSA) is 44.7 Å². The van der Waals surface area contributed by atoms with E-state index in [4.69, 9.17) is 28.9 Å². The van der Waals surface area contributed by atoms with Gasteiger partial charge in [0.05, 0.1) is 11.6 Å². The summed E-state index contributed by atoms with van der Waals surface area (Å²) >= 11 is 9.85. The normalized spacial score (nSPS) is 10.5. The average Bonchev–Trinajstić information content (AvgIpc) is 2.34. The Hall–Kier alpha value is -0.940. The first-order chi connectivity index (χ1) is 5.27. The van der Waals surface area contributed by atoms with Crippen molar-refractivity contribution in [3.8, 4) is 0 Å². The third-order valence-electron chi connectivity index (χ3n) is 1.36. The molecule has 0 bridgehead atoms. The Morgan fingerprint density at radius 1 is 1.27 bits per heavy atom. The molecule has 0 atom stereocenters. The Bertz CT molecular complexity index is 493. The molecular weight excluding hydrogens is 180 g/mol. The fourth-order valence-electron chi connectivity index (χ4n) is 0.890. The lowest BCUT2D eigenvalue weighted by Crippen LogP contribution is -1.81. The fraction of sp³-hybridized carbons (Fsp3) is 0. The van der Waals surface area contributed by atoms with Gasteiger partial charge in [0, 0.05) is 0 Å². The molecule has 0 aliphatic carbocycles. The summed E-state index contributed by atoms with van der Waals surface area (Å²) in [7, 11) is 0. The minimum atomic E-state index is 0.484. The van der Waals surface area contributed by atoms with Crippen LogP contribution in [0.3, 0.4) is 0 Å². The van der Waals surface area contributed by atoms with E-state index in [2.05, 4.69) is 9.97 Å². The van der Waals surface area contributed by atoms with E-state index < -0.39 is 0 Å². The Labute approximate surface area is 72.1 Å². The first-order valence-corrected chi connectivity index (χ1v) is 3.79. The first kappa shape index (κ1) is 6.75. The molecule has 2 N–H and O–H groups in total. The summed E-state index contributed by atoms with van der Waals surface area (Å²) in [5.74, 6) is 0. The van der Waals surface area contributed by atoms with Crippen molar-refractivity contribution in [3.63, 3.8) is 0 Å². The van der Waals surface area contributed by atoms with Gasteiger partial charge in [-0.2, -0.15) is 0 Å². The van der Waals surface area contributed by atoms with E-state index in [-0.39, 0.29) is 0 Å². The molecule has 5 heteroatoms. The number of hydrogen-bond donors (Lipinski definition) is 2. The van der Waals surface area contributed by atoms with Crippen LogP contribution < -0.4 is 0 Å². The Morgan fingerprint density at radius 2 is 2.09 bits per heavy atom. The molecule has 0 aromatic carbocycles. The molecule has 3 nitrogen and oxygen atoms in total. The third-order valence-corrected chi connectivity index (χ3v) is 1.89. The van der Waals surface area contributed by atoms with Gasteiger partial charge in [0.1, 0.15) is 4.64 Å². The van der Waals surface area contributed by atoms with E-state index in [1.165, 1.54) is 0 Å². The average molecular weight is 184 g/mol. The summed E-state index contributed by atoms with van der Waals surface area (Å²) in [6.45, 7) is 0. The van der Waals surface area contributed by atoms with Gasteiger partial charge in [-0.25, -0.2) is 0 Å². The van der Waals surface area contributed by atoms with Crippen molar-refractivity contribution in [2.24, 2.45) is 0 Å². The zero-order valence-electron chi connectivity index (χ0n) is 5.38. The van der Waals surface area contributed by atoms with Crippen molar-refractivity contribution in [2.45, 2.75) is 0 Å². The molecular formula is C6H4N2OS2. The molecule has 0 aliphatic heterocycles. The van der Waals surface area contributed by atoms with Gasteiger partial charge in [-0.1, -0.05) is 12.2 Å². The number of furan rings is 1. The van der Waals surface area contributed by atoms with Crippen LogP contribution in [0.2, 0.25) is 0 Å². The highest BCUT2D eigenvalue weighted by Gasteiger charge is 1.96. The van der Waals surface area contributed by atoms with Crippen LogP contribution in [0.5, 0.6) is 0 Å². The molecule has 0 fully saturated rings. The molecule has 2 heterocycles. The molecule has 11 heavy (non-hydrogen) atoms. The van der Waals surface area contributed by atoms with Gasteiger partial charge in [0.15, 0.2) is 4.77 Å². The van der Waals surface area contributed by atoms with Gasteiger partial charge in [-0.05, 0) is 18.3 Å². The molecule has 0 saturated carbocycles. The zero-order chi connectivity index (χ0) is 7.84. The lowest BCUT2D eigenvalue weighted by Gasteiger charge is -1.87. The van der Waals surface area contributed by atoms with Crippen LogP contribution in [0.1, 0.15) is 0 Å². The van der Waals surface area contributed by atoms with Crippen molar-refractivity contribution in [1.29, 1.82) is 0 Å². The van der Waals surface area contributed by atoms with E-state index in [0.29, 0.717) is 15.1 Å². The number of aromatic amines is 2. The molecule has 0 amide bonds. The van der Waals surface area contributed by atoms with E-state index in [9.17, 15) is 0 Å². The maximum Gasteiger partial charge on any atom is 0.209 e. The Balaban J connectivity index is 3.15. The lowest BCUT2D eigenvalue weighted by atomic mass is 10.4. The third kappa shape index (κ3) is 1.02. The number of aromatic nitrogens is 2. The fourth-order valence-corrected chi connectivity index (χ4v) is 1.41. The first-order valence-electron chi connectivity index (χ1n) is 2.97. The molecule has 56 valence electrons. The molecule has 0 radical (unpaired) electrons.